The van der Waals surface area contributed by atoms with Crippen LogP contribution in [0, 0.1) is 0 Å². The first kappa shape index (κ1) is 18.3. The van der Waals surface area contributed by atoms with Gasteiger partial charge in [0.05, 0.1) is 24.9 Å². The average molecular weight is 373 g/mol. The lowest BCUT2D eigenvalue weighted by Crippen LogP contribution is -2.40. The van der Waals surface area contributed by atoms with Crippen LogP contribution in [0.3, 0.4) is 0 Å². The Bertz CT molecular complexity index is 768. The first-order chi connectivity index (χ1) is 12.7. The van der Waals surface area contributed by atoms with Crippen LogP contribution < -0.4 is 5.32 Å². The number of piperidine rings is 1. The zero-order valence-corrected chi connectivity index (χ0v) is 15.6. The molecule has 2 N–H and O–H groups in total. The molecular formula is C19H23N3O3S. The summed E-state index contributed by atoms with van der Waals surface area (Å²) in [5.74, 6) is 0.344. The van der Waals surface area contributed by atoms with Crippen LogP contribution in [-0.2, 0) is 11.3 Å². The molecule has 0 spiro atoms. The van der Waals surface area contributed by atoms with Crippen molar-refractivity contribution < 1.29 is 14.6 Å². The van der Waals surface area contributed by atoms with Crippen LogP contribution >= 0.6 is 11.3 Å². The molecule has 0 unspecified atom stereocenters. The number of carbonyl (C=O) groups excluding carboxylic acids is 1. The molecule has 1 aromatic heterocycles. The van der Waals surface area contributed by atoms with Gasteiger partial charge in [0.1, 0.15) is 5.75 Å². The van der Waals surface area contributed by atoms with Gasteiger partial charge >= 0.3 is 5.97 Å². The number of hydrogen-bond acceptors (Lipinski definition) is 5. The summed E-state index contributed by atoms with van der Waals surface area (Å²) in [4.78, 5) is 19.9. The molecule has 0 bridgehead atoms. The van der Waals surface area contributed by atoms with Gasteiger partial charge in [0.15, 0.2) is 5.96 Å². The van der Waals surface area contributed by atoms with Crippen molar-refractivity contribution in [2.24, 2.45) is 4.99 Å². The maximum Gasteiger partial charge on any atom is 0.337 e. The predicted octanol–water partition coefficient (Wildman–Crippen LogP) is 3.69. The van der Waals surface area contributed by atoms with E-state index in [4.69, 9.17) is 9.73 Å². The van der Waals surface area contributed by atoms with Gasteiger partial charge in [0, 0.05) is 18.0 Å². The quantitative estimate of drug-likeness (QED) is 0.370. The smallest absolute Gasteiger partial charge is 0.337 e. The van der Waals surface area contributed by atoms with E-state index in [0.29, 0.717) is 17.8 Å². The van der Waals surface area contributed by atoms with Gasteiger partial charge in [-0.15, -0.1) is 11.3 Å². The molecule has 7 heteroatoms. The number of guanidine groups is 1. The molecule has 1 aliphatic rings. The maximum atomic E-state index is 11.8. The van der Waals surface area contributed by atoms with Gasteiger partial charge in [0.25, 0.3) is 0 Å². The second-order valence-corrected chi connectivity index (χ2v) is 7.15. The van der Waals surface area contributed by atoms with Gasteiger partial charge in [-0.3, -0.25) is 0 Å². The van der Waals surface area contributed by atoms with Crippen LogP contribution in [0.5, 0.6) is 5.75 Å². The number of carbonyl (C=O) groups is 1. The standard InChI is InChI=1S/C19H23N3O3S/c1-25-18(24)14-7-8-17(23)16(12-14)21-19(22-9-3-2-4-10-22)20-13-15-6-5-11-26-15/h5-8,11-12,23H,2-4,9-10,13H2,1H3,(H,20,21). The van der Waals surface area contributed by atoms with Crippen LogP contribution in [0.1, 0.15) is 34.5 Å². The topological polar surface area (TPSA) is 74.2 Å². The van der Waals surface area contributed by atoms with Crippen molar-refractivity contribution in [1.29, 1.82) is 0 Å². The number of phenols is 1. The first-order valence-electron chi connectivity index (χ1n) is 8.67. The summed E-state index contributed by atoms with van der Waals surface area (Å²) >= 11 is 1.67. The summed E-state index contributed by atoms with van der Waals surface area (Å²) in [5, 5.41) is 15.5. The van der Waals surface area contributed by atoms with E-state index < -0.39 is 5.97 Å². The molecule has 1 fully saturated rings. The van der Waals surface area contributed by atoms with Gasteiger partial charge < -0.3 is 20.1 Å². The van der Waals surface area contributed by atoms with E-state index in [-0.39, 0.29) is 5.75 Å². The highest BCUT2D eigenvalue weighted by Gasteiger charge is 2.17. The molecule has 3 rings (SSSR count). The van der Waals surface area contributed by atoms with E-state index in [1.54, 1.807) is 17.4 Å². The minimum Gasteiger partial charge on any atom is -0.506 e. The molecule has 26 heavy (non-hydrogen) atoms. The predicted molar refractivity (Wildman–Crippen MR) is 104 cm³/mol. The van der Waals surface area contributed by atoms with Crippen molar-refractivity contribution in [3.05, 3.63) is 46.2 Å². The number of aromatic hydroxyl groups is 1. The summed E-state index contributed by atoms with van der Waals surface area (Å²) in [5.41, 5.74) is 0.826. The first-order valence-corrected chi connectivity index (χ1v) is 9.55. The van der Waals surface area contributed by atoms with Crippen LogP contribution in [0.2, 0.25) is 0 Å². The molecular weight excluding hydrogens is 350 g/mol. The van der Waals surface area contributed by atoms with E-state index in [1.165, 1.54) is 30.5 Å². The van der Waals surface area contributed by atoms with E-state index in [1.807, 2.05) is 11.4 Å². The largest absolute Gasteiger partial charge is 0.506 e. The normalized spacial score (nSPS) is 15.0. The molecule has 0 atom stereocenters. The fraction of sp³-hybridized carbons (Fsp3) is 0.368. The molecule has 1 aliphatic heterocycles. The Morgan fingerprint density at radius 3 is 2.81 bits per heavy atom. The molecule has 2 aromatic rings. The van der Waals surface area contributed by atoms with E-state index in [9.17, 15) is 9.90 Å². The Kier molecular flexibility index (Phi) is 6.12. The number of likely N-dealkylation sites (tertiary alicyclic amines) is 1. The Morgan fingerprint density at radius 2 is 2.12 bits per heavy atom. The molecule has 0 saturated carbocycles. The number of rotatable bonds is 4. The van der Waals surface area contributed by atoms with Crippen molar-refractivity contribution in [2.45, 2.75) is 25.8 Å². The second-order valence-electron chi connectivity index (χ2n) is 6.12. The van der Waals surface area contributed by atoms with Crippen molar-refractivity contribution in [2.75, 3.05) is 25.5 Å². The summed E-state index contributed by atoms with van der Waals surface area (Å²) in [6.07, 6.45) is 3.46. The van der Waals surface area contributed by atoms with Gasteiger partial charge in [-0.2, -0.15) is 0 Å². The third-order valence-corrected chi connectivity index (χ3v) is 5.15. The lowest BCUT2D eigenvalue weighted by Gasteiger charge is -2.30. The molecule has 2 heterocycles. The van der Waals surface area contributed by atoms with Gasteiger partial charge in [-0.25, -0.2) is 9.79 Å². The molecule has 1 aromatic carbocycles. The van der Waals surface area contributed by atoms with E-state index in [2.05, 4.69) is 16.3 Å². The van der Waals surface area contributed by atoms with Crippen molar-refractivity contribution in [1.82, 2.24) is 4.90 Å². The molecule has 6 nitrogen and oxygen atoms in total. The lowest BCUT2D eigenvalue weighted by atomic mass is 10.1. The third-order valence-electron chi connectivity index (χ3n) is 4.28. The Balaban J connectivity index is 1.84. The van der Waals surface area contributed by atoms with Crippen LogP contribution in [0.4, 0.5) is 5.69 Å². The number of hydrogen-bond donors (Lipinski definition) is 2. The minimum atomic E-state index is -0.442. The lowest BCUT2D eigenvalue weighted by molar-refractivity contribution is 0.0601. The Labute approximate surface area is 157 Å². The number of benzene rings is 1. The number of esters is 1. The highest BCUT2D eigenvalue weighted by Crippen LogP contribution is 2.25. The number of thiophene rings is 1. The molecule has 0 radical (unpaired) electrons. The summed E-state index contributed by atoms with van der Waals surface area (Å²) in [6, 6.07) is 8.68. The highest BCUT2D eigenvalue weighted by atomic mass is 32.1. The van der Waals surface area contributed by atoms with Crippen LogP contribution in [0.15, 0.2) is 40.7 Å². The number of aliphatic imine (C=N–C) groups is 1. The number of nitrogens with zero attached hydrogens (tertiary/aromatic N) is 2. The monoisotopic (exact) mass is 373 g/mol. The van der Waals surface area contributed by atoms with Crippen molar-refractivity contribution in [3.63, 3.8) is 0 Å². The Hall–Kier alpha value is -2.54. The average Bonchev–Trinajstić information content (AvgIpc) is 3.20. The maximum absolute atomic E-state index is 11.8. The number of nitrogens with one attached hydrogen (secondary N) is 1. The van der Waals surface area contributed by atoms with Gasteiger partial charge in [-0.05, 0) is 48.9 Å². The van der Waals surface area contributed by atoms with Crippen molar-refractivity contribution in [3.8, 4) is 5.75 Å². The molecule has 1 saturated heterocycles. The summed E-state index contributed by atoms with van der Waals surface area (Å²) in [7, 11) is 1.34. The number of anilines is 1. The molecule has 0 amide bonds. The number of phenolic OH excluding ortho intramolecular Hbond substituents is 1. The van der Waals surface area contributed by atoms with Crippen molar-refractivity contribution >= 4 is 29.0 Å². The van der Waals surface area contributed by atoms with Gasteiger partial charge in [-0.1, -0.05) is 6.07 Å². The zero-order chi connectivity index (χ0) is 18.4. The van der Waals surface area contributed by atoms with E-state index >= 15 is 0 Å². The minimum absolute atomic E-state index is 0.0680. The second kappa shape index (κ2) is 8.71. The van der Waals surface area contributed by atoms with Crippen LogP contribution in [-0.4, -0.2) is 42.1 Å². The van der Waals surface area contributed by atoms with Crippen LogP contribution in [0.25, 0.3) is 0 Å². The summed E-state index contributed by atoms with van der Waals surface area (Å²) in [6.45, 7) is 2.43. The number of ether oxygens (including phenoxy) is 1. The molecule has 138 valence electrons. The number of methoxy groups -OCH3 is 1. The third kappa shape index (κ3) is 4.54. The van der Waals surface area contributed by atoms with Gasteiger partial charge in [0.2, 0.25) is 0 Å². The zero-order valence-electron chi connectivity index (χ0n) is 14.8. The molecule has 0 aliphatic carbocycles. The highest BCUT2D eigenvalue weighted by molar-refractivity contribution is 7.09. The fourth-order valence-corrected chi connectivity index (χ4v) is 3.51. The SMILES string of the molecule is COC(=O)c1ccc(O)c(NC(=NCc2cccs2)N2CCCCC2)c1. The summed E-state index contributed by atoms with van der Waals surface area (Å²) < 4.78 is 4.76. The fourth-order valence-electron chi connectivity index (χ4n) is 2.88. The Morgan fingerprint density at radius 1 is 1.31 bits per heavy atom. The van der Waals surface area contributed by atoms with E-state index in [0.717, 1.165) is 31.9 Å².